The zero-order valence-electron chi connectivity index (χ0n) is 18.1. The number of rotatable bonds is 4. The molecule has 0 amide bonds. The molecule has 1 aromatic heterocycles. The summed E-state index contributed by atoms with van der Waals surface area (Å²) in [6.45, 7) is 1.95. The highest BCUT2D eigenvalue weighted by Gasteiger charge is 2.51. The molecule has 32 heavy (non-hydrogen) atoms. The number of carbonyl (C=O) groups is 1. The van der Waals surface area contributed by atoms with Gasteiger partial charge in [0.05, 0.1) is 10.9 Å². The van der Waals surface area contributed by atoms with Gasteiger partial charge in [-0.1, -0.05) is 54.1 Å². The van der Waals surface area contributed by atoms with Crippen LogP contribution in [0.4, 0.5) is 0 Å². The van der Waals surface area contributed by atoms with Crippen LogP contribution in [0.2, 0.25) is 0 Å². The Morgan fingerprint density at radius 3 is 2.38 bits per heavy atom. The lowest BCUT2D eigenvalue weighted by Gasteiger charge is -2.48. The number of nitrogens with zero attached hydrogens (tertiary/aromatic N) is 1. The number of piperidine rings is 1. The Labute approximate surface area is 194 Å². The van der Waals surface area contributed by atoms with Gasteiger partial charge in [0.15, 0.2) is 0 Å². The van der Waals surface area contributed by atoms with Gasteiger partial charge in [0, 0.05) is 23.3 Å². The highest BCUT2D eigenvalue weighted by atomic mass is 32.2. The molecule has 0 radical (unpaired) electrons. The minimum Gasteiger partial charge on any atom is -0.299 e. The van der Waals surface area contributed by atoms with Crippen LogP contribution in [0, 0.1) is 12.8 Å². The minimum absolute atomic E-state index is 0.204. The van der Waals surface area contributed by atoms with E-state index < -0.39 is 16.1 Å². The molecule has 3 aromatic rings. The summed E-state index contributed by atoms with van der Waals surface area (Å²) in [6, 6.07) is 20.5. The molecule has 2 aliphatic rings. The van der Waals surface area contributed by atoms with Gasteiger partial charge in [0.1, 0.15) is 5.78 Å². The normalized spacial score (nSPS) is 26.6. The first-order chi connectivity index (χ1) is 15.4. The van der Waals surface area contributed by atoms with E-state index in [0.29, 0.717) is 11.3 Å². The first-order valence-corrected chi connectivity index (χ1v) is 13.5. The number of sulfonamides is 1. The zero-order chi connectivity index (χ0) is 22.3. The molecule has 4 atom stereocenters. The van der Waals surface area contributed by atoms with Crippen molar-refractivity contribution in [3.63, 3.8) is 0 Å². The fraction of sp³-hybridized carbons (Fsp3) is 0.346. The maximum absolute atomic E-state index is 14.0. The van der Waals surface area contributed by atoms with Gasteiger partial charge in [-0.15, -0.1) is 11.3 Å². The van der Waals surface area contributed by atoms with Gasteiger partial charge in [-0.2, -0.15) is 4.31 Å². The van der Waals surface area contributed by atoms with E-state index in [0.717, 1.165) is 23.3 Å². The fourth-order valence-corrected chi connectivity index (χ4v) is 8.11. The van der Waals surface area contributed by atoms with Crippen molar-refractivity contribution >= 4 is 27.1 Å². The number of hydrogen-bond acceptors (Lipinski definition) is 4. The lowest BCUT2D eigenvalue weighted by molar-refractivity contribution is -0.130. The SMILES string of the molecule is Cc1ccc(S(=O)(=O)N2C(c3cccs3)CC(=O)C3CCC(c4ccccc4)CC32)cc1. The molecule has 1 saturated carbocycles. The van der Waals surface area contributed by atoms with Crippen LogP contribution in [-0.2, 0) is 14.8 Å². The van der Waals surface area contributed by atoms with Crippen LogP contribution < -0.4 is 0 Å². The summed E-state index contributed by atoms with van der Waals surface area (Å²) in [6.07, 6.45) is 2.58. The summed E-state index contributed by atoms with van der Waals surface area (Å²) < 4.78 is 29.8. The van der Waals surface area contributed by atoms with Gasteiger partial charge in [-0.3, -0.25) is 4.79 Å². The van der Waals surface area contributed by atoms with E-state index in [1.807, 2.05) is 54.8 Å². The Morgan fingerprint density at radius 1 is 0.938 bits per heavy atom. The van der Waals surface area contributed by atoms with Crippen LogP contribution in [0.3, 0.4) is 0 Å². The van der Waals surface area contributed by atoms with E-state index in [4.69, 9.17) is 0 Å². The van der Waals surface area contributed by atoms with Crippen LogP contribution in [-0.4, -0.2) is 24.5 Å². The fourth-order valence-electron chi connectivity index (χ4n) is 5.38. The predicted octanol–water partition coefficient (Wildman–Crippen LogP) is 5.71. The molecule has 1 aliphatic heterocycles. The molecule has 0 N–H and O–H groups in total. The summed E-state index contributed by atoms with van der Waals surface area (Å²) in [5, 5.41) is 1.95. The molecule has 1 saturated heterocycles. The average Bonchev–Trinajstić information content (AvgIpc) is 3.34. The lowest BCUT2D eigenvalue weighted by atomic mass is 9.71. The summed E-state index contributed by atoms with van der Waals surface area (Å²) in [4.78, 5) is 14.5. The van der Waals surface area contributed by atoms with Crippen molar-refractivity contribution in [1.29, 1.82) is 0 Å². The van der Waals surface area contributed by atoms with Crippen molar-refractivity contribution in [2.24, 2.45) is 5.92 Å². The topological polar surface area (TPSA) is 54.5 Å². The molecule has 5 rings (SSSR count). The molecular weight excluding hydrogens is 438 g/mol. The number of hydrogen-bond donors (Lipinski definition) is 0. The minimum atomic E-state index is -3.77. The van der Waals surface area contributed by atoms with Crippen LogP contribution in [0.5, 0.6) is 0 Å². The Bertz CT molecular complexity index is 1190. The second kappa shape index (κ2) is 8.58. The van der Waals surface area contributed by atoms with E-state index >= 15 is 0 Å². The molecule has 4 unspecified atom stereocenters. The first kappa shape index (κ1) is 21.6. The van der Waals surface area contributed by atoms with Gasteiger partial charge in [0.25, 0.3) is 0 Å². The number of benzene rings is 2. The van der Waals surface area contributed by atoms with Gasteiger partial charge in [-0.25, -0.2) is 8.42 Å². The summed E-state index contributed by atoms with van der Waals surface area (Å²) >= 11 is 1.53. The Balaban J connectivity index is 1.59. The van der Waals surface area contributed by atoms with Crippen LogP contribution in [0.15, 0.2) is 77.0 Å². The van der Waals surface area contributed by atoms with Gasteiger partial charge in [0.2, 0.25) is 10.0 Å². The third-order valence-corrected chi connectivity index (χ3v) is 9.92. The predicted molar refractivity (Wildman–Crippen MR) is 127 cm³/mol. The average molecular weight is 466 g/mol. The third kappa shape index (κ3) is 3.85. The Hall–Kier alpha value is -2.28. The van der Waals surface area contributed by atoms with Gasteiger partial charge < -0.3 is 0 Å². The molecule has 2 fully saturated rings. The number of Topliss-reactive ketones (excluding diaryl/α,β-unsaturated/α-hetero) is 1. The second-order valence-corrected chi connectivity index (χ2v) is 11.8. The largest absolute Gasteiger partial charge is 0.299 e. The van der Waals surface area contributed by atoms with Crippen molar-refractivity contribution in [3.05, 3.63) is 88.1 Å². The maximum atomic E-state index is 14.0. The van der Waals surface area contributed by atoms with Crippen LogP contribution in [0.1, 0.15) is 53.6 Å². The highest BCUT2D eigenvalue weighted by molar-refractivity contribution is 7.89. The number of thiophene rings is 1. The third-order valence-electron chi connectivity index (χ3n) is 7.00. The number of ketones is 1. The standard InChI is InChI=1S/C26H27NO3S2/c1-18-9-12-21(13-10-18)32(29,30)27-23-16-20(19-6-3-2-4-7-19)11-14-22(23)25(28)17-24(27)26-8-5-15-31-26/h2-10,12-13,15,20,22-24H,11,14,16-17H2,1H3. The monoisotopic (exact) mass is 465 g/mol. The molecular formula is C26H27NO3S2. The van der Waals surface area contributed by atoms with E-state index in [2.05, 4.69) is 12.1 Å². The molecule has 166 valence electrons. The maximum Gasteiger partial charge on any atom is 0.243 e. The van der Waals surface area contributed by atoms with Crippen LogP contribution in [0.25, 0.3) is 0 Å². The van der Waals surface area contributed by atoms with Crippen molar-refractivity contribution in [2.45, 2.75) is 55.5 Å². The molecule has 2 aromatic carbocycles. The van der Waals surface area contributed by atoms with Crippen molar-refractivity contribution in [1.82, 2.24) is 4.31 Å². The molecule has 0 bridgehead atoms. The van der Waals surface area contributed by atoms with Crippen molar-refractivity contribution in [3.8, 4) is 0 Å². The van der Waals surface area contributed by atoms with Crippen molar-refractivity contribution < 1.29 is 13.2 Å². The summed E-state index contributed by atoms with van der Waals surface area (Å²) in [5.41, 5.74) is 2.25. The van der Waals surface area contributed by atoms with Gasteiger partial charge in [-0.05, 0) is 61.2 Å². The van der Waals surface area contributed by atoms with E-state index in [1.54, 1.807) is 16.4 Å². The van der Waals surface area contributed by atoms with Gasteiger partial charge >= 0.3 is 0 Å². The molecule has 4 nitrogen and oxygen atoms in total. The van der Waals surface area contributed by atoms with E-state index in [1.165, 1.54) is 16.9 Å². The lowest BCUT2D eigenvalue weighted by Crippen LogP contribution is -2.55. The summed E-state index contributed by atoms with van der Waals surface area (Å²) in [7, 11) is -3.77. The first-order valence-electron chi connectivity index (χ1n) is 11.2. The quantitative estimate of drug-likeness (QED) is 0.496. The second-order valence-electron chi connectivity index (χ2n) is 8.94. The molecule has 6 heteroatoms. The zero-order valence-corrected chi connectivity index (χ0v) is 19.7. The van der Waals surface area contributed by atoms with Crippen molar-refractivity contribution in [2.75, 3.05) is 0 Å². The Morgan fingerprint density at radius 2 is 1.69 bits per heavy atom. The molecule has 2 heterocycles. The van der Waals surface area contributed by atoms with Crippen LogP contribution >= 0.6 is 11.3 Å². The number of aryl methyl sites for hydroxylation is 1. The van der Waals surface area contributed by atoms with E-state index in [-0.39, 0.29) is 30.1 Å². The number of carbonyl (C=O) groups excluding carboxylic acids is 1. The highest BCUT2D eigenvalue weighted by Crippen LogP contribution is 2.48. The molecule has 1 aliphatic carbocycles. The smallest absolute Gasteiger partial charge is 0.243 e. The van der Waals surface area contributed by atoms with E-state index in [9.17, 15) is 13.2 Å². The number of fused-ring (bicyclic) bond motifs is 1. The molecule has 0 spiro atoms. The summed E-state index contributed by atoms with van der Waals surface area (Å²) in [5.74, 6) is 0.227. The Kier molecular flexibility index (Phi) is 5.78.